The Morgan fingerprint density at radius 2 is 2.12 bits per heavy atom. The fourth-order valence-electron chi connectivity index (χ4n) is 0.284. The Morgan fingerprint density at radius 1 is 1.38 bits per heavy atom. The molecule has 4 nitrogen and oxygen atoms in total. The van der Waals surface area contributed by atoms with Gasteiger partial charge in [-0.2, -0.15) is 0 Å². The van der Waals surface area contributed by atoms with Gasteiger partial charge in [0.05, 0.1) is 19.8 Å². The summed E-state index contributed by atoms with van der Waals surface area (Å²) in [6, 6.07) is 0. The number of aliphatic hydroxyl groups excluding tert-OH is 1. The van der Waals surface area contributed by atoms with E-state index >= 15 is 0 Å². The second kappa shape index (κ2) is 6.84. The van der Waals surface area contributed by atoms with E-state index in [1.807, 2.05) is 5.48 Å². The molecule has 0 aliphatic rings. The standard InChI is InChI=1S/C4H11NO3/c6-2-4-8-3-1-5-7/h5-7H,1-4H2. The second-order valence-corrected chi connectivity index (χ2v) is 1.24. The highest BCUT2D eigenvalue weighted by Gasteiger charge is 1.82. The van der Waals surface area contributed by atoms with Gasteiger partial charge in [0.2, 0.25) is 0 Å². The maximum atomic E-state index is 8.16. The molecule has 0 aromatic heterocycles. The van der Waals surface area contributed by atoms with Gasteiger partial charge in [-0.3, -0.25) is 0 Å². The lowest BCUT2D eigenvalue weighted by atomic mass is 10.7. The van der Waals surface area contributed by atoms with Gasteiger partial charge in [-0.25, -0.2) is 5.48 Å². The summed E-state index contributed by atoms with van der Waals surface area (Å²) in [6.07, 6.45) is 0. The van der Waals surface area contributed by atoms with Crippen molar-refractivity contribution < 1.29 is 15.1 Å². The molecule has 0 heterocycles. The molecule has 3 N–H and O–H groups in total. The predicted molar refractivity (Wildman–Crippen MR) is 27.7 cm³/mol. The van der Waals surface area contributed by atoms with Gasteiger partial charge in [0.1, 0.15) is 0 Å². The molecule has 0 aliphatic heterocycles. The number of hydroxylamine groups is 1. The minimum Gasteiger partial charge on any atom is -0.394 e. The minimum atomic E-state index is 0.0332. The van der Waals surface area contributed by atoms with E-state index in [9.17, 15) is 0 Å². The van der Waals surface area contributed by atoms with Crippen molar-refractivity contribution >= 4 is 0 Å². The molecule has 0 amide bonds. The van der Waals surface area contributed by atoms with E-state index in [1.165, 1.54) is 0 Å². The quantitative estimate of drug-likeness (QED) is 0.321. The van der Waals surface area contributed by atoms with E-state index in [2.05, 4.69) is 0 Å². The van der Waals surface area contributed by atoms with Crippen LogP contribution in [0.3, 0.4) is 0 Å². The van der Waals surface area contributed by atoms with Gasteiger partial charge in [0.25, 0.3) is 0 Å². The smallest absolute Gasteiger partial charge is 0.0698 e. The third-order valence-electron chi connectivity index (χ3n) is 0.594. The highest BCUT2D eigenvalue weighted by atomic mass is 16.5. The van der Waals surface area contributed by atoms with Crippen LogP contribution >= 0.6 is 0 Å². The molecular formula is C4H11NO3. The Balaban J connectivity index is 2.53. The Morgan fingerprint density at radius 3 is 2.62 bits per heavy atom. The average molecular weight is 121 g/mol. The first-order chi connectivity index (χ1) is 3.91. The summed E-state index contributed by atoms with van der Waals surface area (Å²) in [7, 11) is 0. The van der Waals surface area contributed by atoms with Gasteiger partial charge in [-0.1, -0.05) is 0 Å². The summed E-state index contributed by atoms with van der Waals surface area (Å²) in [5.74, 6) is 0. The van der Waals surface area contributed by atoms with Crippen molar-refractivity contribution in [3.05, 3.63) is 0 Å². The summed E-state index contributed by atoms with van der Waals surface area (Å²) < 4.78 is 4.75. The van der Waals surface area contributed by atoms with Gasteiger partial charge in [0.15, 0.2) is 0 Å². The topological polar surface area (TPSA) is 61.7 Å². The van der Waals surface area contributed by atoms with Gasteiger partial charge in [0, 0.05) is 6.54 Å². The van der Waals surface area contributed by atoms with Crippen molar-refractivity contribution in [2.45, 2.75) is 0 Å². The Labute approximate surface area is 48.0 Å². The molecule has 8 heavy (non-hydrogen) atoms. The molecular weight excluding hydrogens is 110 g/mol. The third-order valence-corrected chi connectivity index (χ3v) is 0.594. The summed E-state index contributed by atoms with van der Waals surface area (Å²) in [5, 5.41) is 16.1. The fourth-order valence-corrected chi connectivity index (χ4v) is 0.284. The molecule has 0 radical (unpaired) electrons. The molecule has 0 aromatic carbocycles. The molecule has 0 atom stereocenters. The summed E-state index contributed by atoms with van der Waals surface area (Å²) in [5.41, 5.74) is 1.92. The Bertz CT molecular complexity index is 36.3. The number of aliphatic hydroxyl groups is 1. The molecule has 0 bridgehead atoms. The molecule has 50 valence electrons. The lowest BCUT2D eigenvalue weighted by molar-refractivity contribution is 0.0677. The fraction of sp³-hybridized carbons (Fsp3) is 1.00. The van der Waals surface area contributed by atoms with Crippen LogP contribution < -0.4 is 5.48 Å². The van der Waals surface area contributed by atoms with E-state index in [0.717, 1.165) is 0 Å². The normalized spacial score (nSPS) is 9.75. The van der Waals surface area contributed by atoms with E-state index in [4.69, 9.17) is 15.1 Å². The van der Waals surface area contributed by atoms with Gasteiger partial charge in [-0.05, 0) is 0 Å². The van der Waals surface area contributed by atoms with Crippen molar-refractivity contribution in [2.24, 2.45) is 0 Å². The van der Waals surface area contributed by atoms with Crippen molar-refractivity contribution in [3.8, 4) is 0 Å². The van der Waals surface area contributed by atoms with Crippen LogP contribution in [-0.2, 0) is 4.74 Å². The zero-order valence-corrected chi connectivity index (χ0v) is 4.63. The van der Waals surface area contributed by atoms with Gasteiger partial charge >= 0.3 is 0 Å². The average Bonchev–Trinajstić information content (AvgIpc) is 1.81. The zero-order chi connectivity index (χ0) is 6.24. The van der Waals surface area contributed by atoms with Crippen LogP contribution in [0.1, 0.15) is 0 Å². The number of ether oxygens (including phenoxy) is 1. The molecule has 0 aliphatic carbocycles. The second-order valence-electron chi connectivity index (χ2n) is 1.24. The molecule has 0 rings (SSSR count). The predicted octanol–water partition coefficient (Wildman–Crippen LogP) is -1.03. The summed E-state index contributed by atoms with van der Waals surface area (Å²) in [4.78, 5) is 0. The first-order valence-corrected chi connectivity index (χ1v) is 2.47. The lowest BCUT2D eigenvalue weighted by Gasteiger charge is -1.97. The monoisotopic (exact) mass is 121 g/mol. The van der Waals surface area contributed by atoms with Crippen LogP contribution in [0.5, 0.6) is 0 Å². The van der Waals surface area contributed by atoms with Crippen molar-refractivity contribution in [2.75, 3.05) is 26.4 Å². The lowest BCUT2D eigenvalue weighted by Crippen LogP contribution is -2.15. The first-order valence-electron chi connectivity index (χ1n) is 2.47. The molecule has 0 saturated heterocycles. The molecule has 0 fully saturated rings. The number of hydrogen-bond acceptors (Lipinski definition) is 4. The van der Waals surface area contributed by atoms with Gasteiger partial charge < -0.3 is 15.1 Å². The van der Waals surface area contributed by atoms with E-state index < -0.39 is 0 Å². The third kappa shape index (κ3) is 5.84. The summed E-state index contributed by atoms with van der Waals surface area (Å²) >= 11 is 0. The first kappa shape index (κ1) is 7.84. The highest BCUT2D eigenvalue weighted by Crippen LogP contribution is 1.68. The number of nitrogens with one attached hydrogen (secondary N) is 1. The highest BCUT2D eigenvalue weighted by molar-refractivity contribution is 4.30. The van der Waals surface area contributed by atoms with Crippen molar-refractivity contribution in [3.63, 3.8) is 0 Å². The van der Waals surface area contributed by atoms with E-state index in [1.54, 1.807) is 0 Å². The largest absolute Gasteiger partial charge is 0.394 e. The molecule has 0 unspecified atom stereocenters. The number of hydrogen-bond donors (Lipinski definition) is 3. The minimum absolute atomic E-state index is 0.0332. The zero-order valence-electron chi connectivity index (χ0n) is 4.63. The maximum Gasteiger partial charge on any atom is 0.0698 e. The number of rotatable bonds is 5. The van der Waals surface area contributed by atoms with Crippen LogP contribution in [0.15, 0.2) is 0 Å². The Hall–Kier alpha value is -0.160. The van der Waals surface area contributed by atoms with E-state index in [0.29, 0.717) is 19.8 Å². The van der Waals surface area contributed by atoms with E-state index in [-0.39, 0.29) is 6.61 Å². The molecule has 0 aromatic rings. The van der Waals surface area contributed by atoms with Crippen LogP contribution in [-0.4, -0.2) is 36.7 Å². The van der Waals surface area contributed by atoms with Crippen molar-refractivity contribution in [1.29, 1.82) is 0 Å². The molecule has 4 heteroatoms. The molecule has 0 saturated carbocycles. The Kier molecular flexibility index (Phi) is 6.70. The summed E-state index contributed by atoms with van der Waals surface area (Å²) in [6.45, 7) is 1.20. The SMILES string of the molecule is OCCOCCNO. The van der Waals surface area contributed by atoms with Crippen LogP contribution in [0, 0.1) is 0 Å². The molecule has 0 spiro atoms. The van der Waals surface area contributed by atoms with Crippen LogP contribution in [0.2, 0.25) is 0 Å². The maximum absolute atomic E-state index is 8.16. The van der Waals surface area contributed by atoms with Crippen molar-refractivity contribution in [1.82, 2.24) is 5.48 Å². The van der Waals surface area contributed by atoms with Gasteiger partial charge in [-0.15, -0.1) is 0 Å². The van der Waals surface area contributed by atoms with Crippen LogP contribution in [0.4, 0.5) is 0 Å². The van der Waals surface area contributed by atoms with Crippen LogP contribution in [0.25, 0.3) is 0 Å².